The predicted octanol–water partition coefficient (Wildman–Crippen LogP) is 2.74. The van der Waals surface area contributed by atoms with Gasteiger partial charge in [-0.2, -0.15) is 5.10 Å². The number of hydrogen-bond donors (Lipinski definition) is 4. The molecule has 2 heterocycles. The van der Waals surface area contributed by atoms with Crippen molar-refractivity contribution >= 4 is 31.5 Å². The maximum Gasteiger partial charge on any atom is 0.216 e. The van der Waals surface area contributed by atoms with Crippen molar-refractivity contribution in [3.63, 3.8) is 0 Å². The van der Waals surface area contributed by atoms with Crippen molar-refractivity contribution in [2.24, 2.45) is 0 Å². The third kappa shape index (κ3) is 7.37. The van der Waals surface area contributed by atoms with Crippen LogP contribution in [0.5, 0.6) is 0 Å². The van der Waals surface area contributed by atoms with Crippen LogP contribution in [0.15, 0.2) is 47.5 Å². The summed E-state index contributed by atoms with van der Waals surface area (Å²) in [5.41, 5.74) is 1.60. The van der Waals surface area contributed by atoms with E-state index in [9.17, 15) is 16.8 Å². The largest absolute Gasteiger partial charge is 0.323 e. The van der Waals surface area contributed by atoms with E-state index in [0.717, 1.165) is 30.6 Å². The third-order valence-corrected chi connectivity index (χ3v) is 9.40. The first-order valence-electron chi connectivity index (χ1n) is 12.8. The van der Waals surface area contributed by atoms with E-state index in [4.69, 9.17) is 0 Å². The summed E-state index contributed by atoms with van der Waals surface area (Å²) in [5, 5.41) is 14.1. The molecule has 204 valence electrons. The summed E-state index contributed by atoms with van der Waals surface area (Å²) in [6, 6.07) is 10.0. The molecule has 0 spiro atoms. The molecule has 3 aromatic rings. The van der Waals surface area contributed by atoms with Gasteiger partial charge in [-0.15, -0.1) is 0 Å². The molecule has 0 saturated heterocycles. The average Bonchev–Trinajstić information content (AvgIpc) is 3.62. The number of benzene rings is 1. The zero-order valence-electron chi connectivity index (χ0n) is 21.2. The van der Waals surface area contributed by atoms with Gasteiger partial charge in [-0.25, -0.2) is 31.5 Å². The minimum Gasteiger partial charge on any atom is -0.323 e. The van der Waals surface area contributed by atoms with E-state index >= 15 is 0 Å². The second kappa shape index (κ2) is 11.1. The number of sulfonamides is 1. The van der Waals surface area contributed by atoms with Crippen molar-refractivity contribution in [3.8, 4) is 0 Å². The summed E-state index contributed by atoms with van der Waals surface area (Å²) >= 11 is 0. The second-order valence-electron chi connectivity index (χ2n) is 10.2. The predicted molar refractivity (Wildman–Crippen MR) is 144 cm³/mol. The van der Waals surface area contributed by atoms with Gasteiger partial charge in [0.25, 0.3) is 0 Å². The lowest BCUT2D eigenvalue weighted by Gasteiger charge is -2.29. The van der Waals surface area contributed by atoms with Crippen LogP contribution in [-0.2, 0) is 32.2 Å². The highest BCUT2D eigenvalue weighted by Gasteiger charge is 2.26. The highest BCUT2D eigenvalue weighted by atomic mass is 32.2. The number of aromatic nitrogens is 4. The lowest BCUT2D eigenvalue weighted by Crippen LogP contribution is -2.42. The molecule has 13 heteroatoms. The van der Waals surface area contributed by atoms with Gasteiger partial charge in [-0.05, 0) is 62.3 Å². The molecule has 38 heavy (non-hydrogen) atoms. The summed E-state index contributed by atoms with van der Waals surface area (Å²) < 4.78 is 51.8. The van der Waals surface area contributed by atoms with E-state index in [2.05, 4.69) is 35.5 Å². The molecule has 0 amide bonds. The molecule has 11 nitrogen and oxygen atoms in total. The van der Waals surface area contributed by atoms with E-state index in [0.29, 0.717) is 42.5 Å². The first-order valence-corrected chi connectivity index (χ1v) is 16.3. The van der Waals surface area contributed by atoms with Gasteiger partial charge < -0.3 is 10.6 Å². The van der Waals surface area contributed by atoms with Crippen molar-refractivity contribution in [2.45, 2.75) is 73.7 Å². The first kappa shape index (κ1) is 26.7. The lowest BCUT2D eigenvalue weighted by atomic mass is 9.92. The van der Waals surface area contributed by atoms with Gasteiger partial charge in [0.05, 0.1) is 17.2 Å². The maximum absolute atomic E-state index is 12.7. The Morgan fingerprint density at radius 1 is 0.947 bits per heavy atom. The van der Waals surface area contributed by atoms with Crippen LogP contribution in [0.2, 0.25) is 0 Å². The quantitative estimate of drug-likeness (QED) is 0.277. The van der Waals surface area contributed by atoms with Crippen molar-refractivity contribution < 1.29 is 16.8 Å². The molecule has 1 aromatic carbocycles. The fourth-order valence-corrected chi connectivity index (χ4v) is 6.86. The Morgan fingerprint density at radius 2 is 1.71 bits per heavy atom. The monoisotopic (exact) mass is 559 g/mol. The maximum atomic E-state index is 12.7. The number of sulfone groups is 1. The van der Waals surface area contributed by atoms with Gasteiger partial charge in [0.1, 0.15) is 11.6 Å². The van der Waals surface area contributed by atoms with Crippen LogP contribution in [0.4, 0.5) is 11.6 Å². The molecule has 2 aromatic heterocycles. The highest BCUT2D eigenvalue weighted by Crippen LogP contribution is 2.39. The van der Waals surface area contributed by atoms with Crippen LogP contribution in [0.1, 0.15) is 61.5 Å². The topological polar surface area (TPSA) is 159 Å². The highest BCUT2D eigenvalue weighted by molar-refractivity contribution is 7.90. The van der Waals surface area contributed by atoms with Gasteiger partial charge in [-0.1, -0.05) is 12.1 Å². The van der Waals surface area contributed by atoms with Gasteiger partial charge in [0, 0.05) is 42.2 Å². The normalized spacial score (nSPS) is 20.3. The Morgan fingerprint density at radius 3 is 2.45 bits per heavy atom. The fourth-order valence-electron chi connectivity index (χ4n) is 4.72. The summed E-state index contributed by atoms with van der Waals surface area (Å²) in [6.07, 6.45) is 8.32. The van der Waals surface area contributed by atoms with Crippen LogP contribution < -0.4 is 15.4 Å². The van der Waals surface area contributed by atoms with Crippen molar-refractivity contribution in [3.05, 3.63) is 59.7 Å². The summed E-state index contributed by atoms with van der Waals surface area (Å²) in [5.74, 6) is 2.45. The Hall–Kier alpha value is -2.87. The number of hydrogen-bond acceptors (Lipinski definition) is 9. The number of nitrogens with one attached hydrogen (secondary N) is 4. The molecule has 5 rings (SSSR count). The van der Waals surface area contributed by atoms with Gasteiger partial charge in [0.15, 0.2) is 15.7 Å². The molecule has 0 bridgehead atoms. The van der Waals surface area contributed by atoms with Crippen LogP contribution in [0, 0.1) is 0 Å². The van der Waals surface area contributed by atoms with Gasteiger partial charge in [-0.3, -0.25) is 5.10 Å². The van der Waals surface area contributed by atoms with Gasteiger partial charge >= 0.3 is 0 Å². The molecule has 0 radical (unpaired) electrons. The Balaban J connectivity index is 1.07. The van der Waals surface area contributed by atoms with Crippen LogP contribution in [0.25, 0.3) is 0 Å². The smallest absolute Gasteiger partial charge is 0.216 e. The van der Waals surface area contributed by atoms with Crippen molar-refractivity contribution in [1.29, 1.82) is 0 Å². The van der Waals surface area contributed by atoms with Crippen LogP contribution in [-0.4, -0.2) is 55.3 Å². The van der Waals surface area contributed by atoms with E-state index < -0.39 is 19.9 Å². The molecular formula is C25H33N7O4S2. The number of H-pyrrole nitrogens is 1. The van der Waals surface area contributed by atoms with E-state index in [1.165, 1.54) is 25.0 Å². The molecule has 2 fully saturated rings. The van der Waals surface area contributed by atoms with E-state index in [1.807, 2.05) is 12.1 Å². The lowest BCUT2D eigenvalue weighted by molar-refractivity contribution is 0.326. The van der Waals surface area contributed by atoms with Crippen molar-refractivity contribution in [1.82, 2.24) is 30.2 Å². The van der Waals surface area contributed by atoms with Gasteiger partial charge in [0.2, 0.25) is 10.0 Å². The molecule has 4 N–H and O–H groups in total. The minimum absolute atomic E-state index is 0.117. The molecule has 2 saturated carbocycles. The second-order valence-corrected chi connectivity index (χ2v) is 14.0. The number of rotatable bonds is 11. The minimum atomic E-state index is -3.60. The fraction of sp³-hybridized carbons (Fsp3) is 0.480. The summed E-state index contributed by atoms with van der Waals surface area (Å²) in [6.45, 7) is 0.515. The standard InChI is InChI=1S/C25H33N7O4S2/c1-37(33,34)21-4-2-3-17(13-21)16-38(35,36)32-20-9-7-19(8-10-20)27-15-25-26-12-11-23(29-25)28-24-14-22(30-31-24)18-5-6-18/h2-4,11-14,18-20,27,32H,5-10,15-16H2,1H3,(H2,26,28,29,30,31). The number of anilines is 2. The van der Waals surface area contributed by atoms with Crippen LogP contribution in [0.3, 0.4) is 0 Å². The Kier molecular flexibility index (Phi) is 7.80. The molecule has 2 aliphatic rings. The SMILES string of the molecule is CS(=O)(=O)c1cccc(CS(=O)(=O)NC2CCC(NCc3nccc(Nc4cc(C5CC5)[nH]n4)n3)CC2)c1. The van der Waals surface area contributed by atoms with E-state index in [1.54, 1.807) is 18.3 Å². The first-order chi connectivity index (χ1) is 18.1. The number of aromatic amines is 1. The molecule has 0 aliphatic heterocycles. The average molecular weight is 560 g/mol. The Bertz CT molecular complexity index is 1480. The third-order valence-electron chi connectivity index (χ3n) is 6.88. The molecule has 2 aliphatic carbocycles. The van der Waals surface area contributed by atoms with E-state index in [-0.39, 0.29) is 22.7 Å². The zero-order valence-corrected chi connectivity index (χ0v) is 22.9. The molecule has 0 unspecified atom stereocenters. The summed E-state index contributed by atoms with van der Waals surface area (Å²) in [7, 11) is -6.99. The Labute approximate surface area is 223 Å². The summed E-state index contributed by atoms with van der Waals surface area (Å²) in [4.78, 5) is 9.06. The number of nitrogens with zero attached hydrogens (tertiary/aromatic N) is 3. The molecular weight excluding hydrogens is 526 g/mol. The zero-order chi connectivity index (χ0) is 26.8. The molecule has 0 atom stereocenters. The van der Waals surface area contributed by atoms with Crippen LogP contribution >= 0.6 is 0 Å². The van der Waals surface area contributed by atoms with Crippen molar-refractivity contribution in [2.75, 3.05) is 11.6 Å².